The van der Waals surface area contributed by atoms with Gasteiger partial charge in [-0.3, -0.25) is 0 Å². The van der Waals surface area contributed by atoms with Gasteiger partial charge in [-0.2, -0.15) is 0 Å². The van der Waals surface area contributed by atoms with E-state index in [1.807, 2.05) is 7.05 Å². The lowest BCUT2D eigenvalue weighted by Gasteiger charge is -2.18. The molecule has 0 bridgehead atoms. The monoisotopic (exact) mass is 216 g/mol. The molecular weight excluding hydrogens is 196 g/mol. The van der Waals surface area contributed by atoms with E-state index in [4.69, 9.17) is 0 Å². The van der Waals surface area contributed by atoms with Crippen LogP contribution in [-0.2, 0) is 13.0 Å². The molecule has 1 heterocycles. The van der Waals surface area contributed by atoms with Gasteiger partial charge in [-0.15, -0.1) is 0 Å². The molecule has 0 atom stereocenters. The second-order valence-electron chi connectivity index (χ2n) is 4.21. The molecule has 0 radical (unpaired) electrons. The van der Waals surface area contributed by atoms with Crippen LogP contribution in [0, 0.1) is 0 Å². The van der Waals surface area contributed by atoms with Crippen molar-refractivity contribution in [1.29, 1.82) is 0 Å². The topological polar surface area (TPSA) is 24.1 Å². The Bertz CT molecular complexity index is 369. The van der Waals surface area contributed by atoms with Crippen LogP contribution < -0.4 is 10.6 Å². The molecular formula is C14H20N2. The predicted octanol–water partition coefficient (Wildman–Crippen LogP) is 1.96. The van der Waals surface area contributed by atoms with Crippen LogP contribution in [0.2, 0.25) is 0 Å². The highest BCUT2D eigenvalue weighted by atomic mass is 14.9. The van der Waals surface area contributed by atoms with E-state index < -0.39 is 0 Å². The van der Waals surface area contributed by atoms with E-state index >= 15 is 0 Å². The highest BCUT2D eigenvalue weighted by Gasteiger charge is 2.10. The van der Waals surface area contributed by atoms with Crippen molar-refractivity contribution in [3.8, 4) is 0 Å². The first-order chi connectivity index (χ1) is 7.92. The molecule has 0 saturated carbocycles. The number of rotatable bonds is 4. The van der Waals surface area contributed by atoms with E-state index in [0.717, 1.165) is 32.5 Å². The van der Waals surface area contributed by atoms with E-state index in [0.29, 0.717) is 0 Å². The minimum atomic E-state index is 1.02. The third-order valence-corrected chi connectivity index (χ3v) is 3.03. The minimum Gasteiger partial charge on any atom is -0.319 e. The van der Waals surface area contributed by atoms with Crippen LogP contribution in [0.15, 0.2) is 24.3 Å². The largest absolute Gasteiger partial charge is 0.319 e. The summed E-state index contributed by atoms with van der Waals surface area (Å²) in [7, 11) is 1.99. The summed E-state index contributed by atoms with van der Waals surface area (Å²) in [6.07, 6.45) is 6.77. The van der Waals surface area contributed by atoms with Gasteiger partial charge in [0.25, 0.3) is 0 Å². The molecule has 0 aromatic heterocycles. The van der Waals surface area contributed by atoms with Gasteiger partial charge in [-0.25, -0.2) is 0 Å². The molecule has 0 spiro atoms. The van der Waals surface area contributed by atoms with Gasteiger partial charge in [0, 0.05) is 6.54 Å². The molecule has 1 aliphatic heterocycles. The lowest BCUT2D eigenvalue weighted by Crippen LogP contribution is -2.24. The molecule has 0 aliphatic carbocycles. The molecule has 0 unspecified atom stereocenters. The maximum absolute atomic E-state index is 3.41. The van der Waals surface area contributed by atoms with Crippen LogP contribution in [0.25, 0.3) is 6.08 Å². The van der Waals surface area contributed by atoms with Gasteiger partial charge in [0.1, 0.15) is 0 Å². The van der Waals surface area contributed by atoms with Crippen molar-refractivity contribution < 1.29 is 0 Å². The molecule has 86 valence electrons. The molecule has 1 aromatic carbocycles. The fourth-order valence-corrected chi connectivity index (χ4v) is 2.16. The van der Waals surface area contributed by atoms with Gasteiger partial charge in [-0.05, 0) is 49.7 Å². The fraction of sp³-hybridized carbons (Fsp3) is 0.429. The SMILES string of the molecule is CNCCC=Cc1cccc2c1CCNC2. The molecule has 2 N–H and O–H groups in total. The van der Waals surface area contributed by atoms with Crippen molar-refractivity contribution in [1.82, 2.24) is 10.6 Å². The summed E-state index contributed by atoms with van der Waals surface area (Å²) in [5.41, 5.74) is 4.39. The molecule has 0 amide bonds. The second-order valence-corrected chi connectivity index (χ2v) is 4.21. The van der Waals surface area contributed by atoms with E-state index in [9.17, 15) is 0 Å². The predicted molar refractivity (Wildman–Crippen MR) is 69.4 cm³/mol. The maximum atomic E-state index is 3.41. The molecule has 0 saturated heterocycles. The zero-order chi connectivity index (χ0) is 11.2. The van der Waals surface area contributed by atoms with Crippen LogP contribution in [0.3, 0.4) is 0 Å². The minimum absolute atomic E-state index is 1.02. The Kier molecular flexibility index (Phi) is 4.14. The van der Waals surface area contributed by atoms with E-state index in [1.54, 1.807) is 0 Å². The van der Waals surface area contributed by atoms with Crippen LogP contribution in [0.4, 0.5) is 0 Å². The van der Waals surface area contributed by atoms with Crippen molar-refractivity contribution in [2.75, 3.05) is 20.1 Å². The summed E-state index contributed by atoms with van der Waals surface area (Å²) < 4.78 is 0. The van der Waals surface area contributed by atoms with Crippen molar-refractivity contribution in [2.24, 2.45) is 0 Å². The summed E-state index contributed by atoms with van der Waals surface area (Å²) in [5.74, 6) is 0. The Hall–Kier alpha value is -1.12. The highest BCUT2D eigenvalue weighted by Crippen LogP contribution is 2.19. The average Bonchev–Trinajstić information content (AvgIpc) is 2.35. The maximum Gasteiger partial charge on any atom is 0.0208 e. The molecule has 2 heteroatoms. The average molecular weight is 216 g/mol. The zero-order valence-corrected chi connectivity index (χ0v) is 9.92. The Balaban J connectivity index is 2.11. The zero-order valence-electron chi connectivity index (χ0n) is 9.92. The fourth-order valence-electron chi connectivity index (χ4n) is 2.16. The first-order valence-corrected chi connectivity index (χ1v) is 6.04. The van der Waals surface area contributed by atoms with Gasteiger partial charge in [-0.1, -0.05) is 30.4 Å². The molecule has 2 nitrogen and oxygen atoms in total. The van der Waals surface area contributed by atoms with Gasteiger partial charge < -0.3 is 10.6 Å². The quantitative estimate of drug-likeness (QED) is 0.752. The van der Waals surface area contributed by atoms with Gasteiger partial charge in [0.05, 0.1) is 0 Å². The highest BCUT2D eigenvalue weighted by molar-refractivity contribution is 5.56. The van der Waals surface area contributed by atoms with Crippen molar-refractivity contribution in [3.63, 3.8) is 0 Å². The second kappa shape index (κ2) is 5.83. The number of benzene rings is 1. The number of hydrogen-bond acceptors (Lipinski definition) is 2. The summed E-state index contributed by atoms with van der Waals surface area (Å²) >= 11 is 0. The Labute approximate surface area is 97.8 Å². The van der Waals surface area contributed by atoms with Gasteiger partial charge in [0.2, 0.25) is 0 Å². The standard InChI is InChI=1S/C14H20N2/c1-15-9-3-2-5-12-6-4-7-13-11-16-10-8-14(12)13/h2,4-7,15-16H,3,8-11H2,1H3. The number of fused-ring (bicyclic) bond motifs is 1. The molecule has 1 aliphatic rings. The Morgan fingerprint density at radius 2 is 2.38 bits per heavy atom. The Morgan fingerprint density at radius 1 is 1.44 bits per heavy atom. The van der Waals surface area contributed by atoms with Crippen molar-refractivity contribution >= 4 is 6.08 Å². The number of nitrogens with one attached hydrogen (secondary N) is 2. The van der Waals surface area contributed by atoms with Crippen LogP contribution in [0.5, 0.6) is 0 Å². The summed E-state index contributed by atoms with van der Waals surface area (Å²) in [6.45, 7) is 3.18. The van der Waals surface area contributed by atoms with Crippen LogP contribution in [-0.4, -0.2) is 20.1 Å². The third kappa shape index (κ3) is 2.71. The summed E-state index contributed by atoms with van der Waals surface area (Å²) in [4.78, 5) is 0. The van der Waals surface area contributed by atoms with Crippen LogP contribution in [0.1, 0.15) is 23.1 Å². The molecule has 1 aromatic rings. The molecule has 0 fully saturated rings. The normalized spacial score (nSPS) is 15.3. The third-order valence-electron chi connectivity index (χ3n) is 3.03. The lowest BCUT2D eigenvalue weighted by atomic mass is 9.95. The van der Waals surface area contributed by atoms with Crippen LogP contribution >= 0.6 is 0 Å². The van der Waals surface area contributed by atoms with Gasteiger partial charge in [0.15, 0.2) is 0 Å². The van der Waals surface area contributed by atoms with E-state index in [-0.39, 0.29) is 0 Å². The number of hydrogen-bond donors (Lipinski definition) is 2. The molecule has 16 heavy (non-hydrogen) atoms. The van der Waals surface area contributed by atoms with E-state index in [2.05, 4.69) is 41.0 Å². The smallest absolute Gasteiger partial charge is 0.0208 e. The molecule has 2 rings (SSSR count). The summed E-state index contributed by atoms with van der Waals surface area (Å²) in [5, 5.41) is 6.57. The summed E-state index contributed by atoms with van der Waals surface area (Å²) in [6, 6.07) is 6.61. The first-order valence-electron chi connectivity index (χ1n) is 6.04. The van der Waals surface area contributed by atoms with E-state index in [1.165, 1.54) is 16.7 Å². The first kappa shape index (κ1) is 11.4. The van der Waals surface area contributed by atoms with Crippen molar-refractivity contribution in [3.05, 3.63) is 41.0 Å². The van der Waals surface area contributed by atoms with Gasteiger partial charge >= 0.3 is 0 Å². The lowest BCUT2D eigenvalue weighted by molar-refractivity contribution is 0.643. The van der Waals surface area contributed by atoms with Crippen molar-refractivity contribution in [2.45, 2.75) is 19.4 Å². The Morgan fingerprint density at radius 3 is 3.25 bits per heavy atom.